The molecule has 0 bridgehead atoms. The molecule has 0 saturated heterocycles. The van der Waals surface area contributed by atoms with E-state index in [1.807, 2.05) is 24.3 Å². The third-order valence-electron chi connectivity index (χ3n) is 3.27. The normalized spacial score (nSPS) is 10.1. The lowest BCUT2D eigenvalue weighted by Gasteiger charge is -2.08. The summed E-state index contributed by atoms with van der Waals surface area (Å²) >= 11 is 5.78. The molecule has 2 aromatic carbocycles. The quantitative estimate of drug-likeness (QED) is 0.571. The van der Waals surface area contributed by atoms with Gasteiger partial charge in [-0.1, -0.05) is 23.7 Å². The van der Waals surface area contributed by atoms with Gasteiger partial charge in [-0.3, -0.25) is 9.59 Å². The zero-order valence-electron chi connectivity index (χ0n) is 13.0. The molecule has 0 aliphatic rings. The van der Waals surface area contributed by atoms with Crippen LogP contribution in [0.1, 0.15) is 5.56 Å². The van der Waals surface area contributed by atoms with E-state index in [0.29, 0.717) is 18.0 Å². The number of phenols is 1. The Bertz CT molecular complexity index is 732. The van der Waals surface area contributed by atoms with Crippen molar-refractivity contribution in [3.05, 3.63) is 53.1 Å². The average molecular weight is 349 g/mol. The lowest BCUT2D eigenvalue weighted by molar-refractivity contribution is -0.136. The van der Waals surface area contributed by atoms with Crippen molar-refractivity contribution in [1.82, 2.24) is 5.32 Å². The van der Waals surface area contributed by atoms with Gasteiger partial charge in [-0.2, -0.15) is 0 Å². The van der Waals surface area contributed by atoms with Crippen LogP contribution in [-0.2, 0) is 16.0 Å². The summed E-state index contributed by atoms with van der Waals surface area (Å²) in [6.07, 6.45) is 0.575. The summed E-state index contributed by atoms with van der Waals surface area (Å²) < 4.78 is 5.07. The van der Waals surface area contributed by atoms with E-state index in [0.717, 1.165) is 11.3 Å². The fourth-order valence-electron chi connectivity index (χ4n) is 1.98. The van der Waals surface area contributed by atoms with Gasteiger partial charge in [0.25, 0.3) is 0 Å². The Labute approximate surface area is 144 Å². The van der Waals surface area contributed by atoms with Crippen molar-refractivity contribution >= 4 is 29.1 Å². The van der Waals surface area contributed by atoms with Crippen LogP contribution in [0.5, 0.6) is 11.5 Å². The Balaban J connectivity index is 1.83. The van der Waals surface area contributed by atoms with Gasteiger partial charge >= 0.3 is 11.8 Å². The summed E-state index contributed by atoms with van der Waals surface area (Å²) in [4.78, 5) is 23.6. The topological polar surface area (TPSA) is 87.7 Å². The average Bonchev–Trinajstić information content (AvgIpc) is 2.58. The van der Waals surface area contributed by atoms with Crippen LogP contribution in [0.15, 0.2) is 42.5 Å². The highest BCUT2D eigenvalue weighted by Crippen LogP contribution is 2.26. The number of phenolic OH excluding ortho intramolecular Hbond substituents is 1. The van der Waals surface area contributed by atoms with Crippen LogP contribution in [0.4, 0.5) is 5.69 Å². The summed E-state index contributed by atoms with van der Waals surface area (Å²) in [5, 5.41) is 14.8. The summed E-state index contributed by atoms with van der Waals surface area (Å²) in [6.45, 7) is 0.306. The Morgan fingerprint density at radius 3 is 2.50 bits per heavy atom. The number of carbonyl (C=O) groups excluding carboxylic acids is 2. The SMILES string of the molecule is COc1ccc(CCNC(=O)C(=O)Nc2cc(Cl)ccc2O)cc1. The number of benzene rings is 2. The zero-order chi connectivity index (χ0) is 17.5. The molecule has 0 aromatic heterocycles. The predicted molar refractivity (Wildman–Crippen MR) is 91.5 cm³/mol. The molecule has 0 fully saturated rings. The van der Waals surface area contributed by atoms with E-state index in [4.69, 9.17) is 16.3 Å². The molecule has 3 N–H and O–H groups in total. The maximum atomic E-state index is 11.8. The second-order valence-corrected chi connectivity index (χ2v) is 5.41. The van der Waals surface area contributed by atoms with Crippen molar-refractivity contribution in [2.75, 3.05) is 19.0 Å². The molecular formula is C17H17ClN2O4. The van der Waals surface area contributed by atoms with Gasteiger partial charge in [-0.15, -0.1) is 0 Å². The molecule has 2 aromatic rings. The van der Waals surface area contributed by atoms with Gasteiger partial charge < -0.3 is 20.5 Å². The lowest BCUT2D eigenvalue weighted by atomic mass is 10.1. The largest absolute Gasteiger partial charge is 0.506 e. The number of hydrogen-bond donors (Lipinski definition) is 3. The first kappa shape index (κ1) is 17.6. The maximum absolute atomic E-state index is 11.8. The maximum Gasteiger partial charge on any atom is 0.313 e. The Morgan fingerprint density at radius 2 is 1.83 bits per heavy atom. The number of hydrogen-bond acceptors (Lipinski definition) is 4. The van der Waals surface area contributed by atoms with Crippen LogP contribution in [0, 0.1) is 0 Å². The van der Waals surface area contributed by atoms with Gasteiger partial charge in [0, 0.05) is 11.6 Å². The van der Waals surface area contributed by atoms with E-state index in [2.05, 4.69) is 10.6 Å². The molecule has 6 nitrogen and oxygen atoms in total. The summed E-state index contributed by atoms with van der Waals surface area (Å²) in [6, 6.07) is 11.6. The number of methoxy groups -OCH3 is 1. The second kappa shape index (κ2) is 8.21. The van der Waals surface area contributed by atoms with Gasteiger partial charge in [0.2, 0.25) is 0 Å². The third-order valence-corrected chi connectivity index (χ3v) is 3.51. The monoisotopic (exact) mass is 348 g/mol. The van der Waals surface area contributed by atoms with Gasteiger partial charge in [0.05, 0.1) is 12.8 Å². The van der Waals surface area contributed by atoms with Crippen LogP contribution in [0.25, 0.3) is 0 Å². The van der Waals surface area contributed by atoms with E-state index >= 15 is 0 Å². The summed E-state index contributed by atoms with van der Waals surface area (Å²) in [7, 11) is 1.59. The predicted octanol–water partition coefficient (Wildman–Crippen LogP) is 2.35. The molecule has 0 aliphatic heterocycles. The Hall–Kier alpha value is -2.73. The second-order valence-electron chi connectivity index (χ2n) is 4.97. The summed E-state index contributed by atoms with van der Waals surface area (Å²) in [5.41, 5.74) is 1.08. The van der Waals surface area contributed by atoms with Gasteiger partial charge in [0.15, 0.2) is 0 Å². The highest BCUT2D eigenvalue weighted by Gasteiger charge is 2.15. The van der Waals surface area contributed by atoms with Crippen molar-refractivity contribution in [2.45, 2.75) is 6.42 Å². The number of halogens is 1. The van der Waals surface area contributed by atoms with Crippen LogP contribution >= 0.6 is 11.6 Å². The van der Waals surface area contributed by atoms with Crippen molar-refractivity contribution in [3.63, 3.8) is 0 Å². The minimum absolute atomic E-state index is 0.0813. The zero-order valence-corrected chi connectivity index (χ0v) is 13.8. The van der Waals surface area contributed by atoms with E-state index in [9.17, 15) is 14.7 Å². The van der Waals surface area contributed by atoms with E-state index < -0.39 is 11.8 Å². The third kappa shape index (κ3) is 4.89. The summed E-state index contributed by atoms with van der Waals surface area (Å²) in [5.74, 6) is -1.08. The number of carbonyl (C=O) groups is 2. The van der Waals surface area contributed by atoms with Crippen LogP contribution in [-0.4, -0.2) is 30.6 Å². The first-order chi connectivity index (χ1) is 11.5. The van der Waals surface area contributed by atoms with Gasteiger partial charge in [-0.05, 0) is 42.3 Å². The molecule has 2 amide bonds. The van der Waals surface area contributed by atoms with Crippen molar-refractivity contribution in [1.29, 1.82) is 0 Å². The first-order valence-electron chi connectivity index (χ1n) is 7.20. The minimum atomic E-state index is -0.873. The van der Waals surface area contributed by atoms with E-state index in [1.54, 1.807) is 7.11 Å². The van der Waals surface area contributed by atoms with Crippen molar-refractivity contribution < 1.29 is 19.4 Å². The molecular weight excluding hydrogens is 332 g/mol. The molecule has 2 rings (SSSR count). The number of aromatic hydroxyl groups is 1. The molecule has 0 heterocycles. The van der Waals surface area contributed by atoms with Crippen LogP contribution in [0.3, 0.4) is 0 Å². The smallest absolute Gasteiger partial charge is 0.313 e. The number of rotatable bonds is 5. The number of nitrogens with one attached hydrogen (secondary N) is 2. The van der Waals surface area contributed by atoms with E-state index in [1.165, 1.54) is 18.2 Å². The first-order valence-corrected chi connectivity index (χ1v) is 7.58. The highest BCUT2D eigenvalue weighted by atomic mass is 35.5. The van der Waals surface area contributed by atoms with Gasteiger partial charge in [-0.25, -0.2) is 0 Å². The van der Waals surface area contributed by atoms with Gasteiger partial charge in [0.1, 0.15) is 11.5 Å². The molecule has 24 heavy (non-hydrogen) atoms. The Morgan fingerprint density at radius 1 is 1.12 bits per heavy atom. The van der Waals surface area contributed by atoms with Crippen molar-refractivity contribution in [3.8, 4) is 11.5 Å². The molecule has 7 heteroatoms. The molecule has 126 valence electrons. The molecule has 0 radical (unpaired) electrons. The van der Waals surface area contributed by atoms with Crippen molar-refractivity contribution in [2.24, 2.45) is 0 Å². The fourth-order valence-corrected chi connectivity index (χ4v) is 2.15. The Kier molecular flexibility index (Phi) is 6.03. The van der Waals surface area contributed by atoms with Crippen LogP contribution < -0.4 is 15.4 Å². The van der Waals surface area contributed by atoms with Crippen LogP contribution in [0.2, 0.25) is 5.02 Å². The lowest BCUT2D eigenvalue weighted by Crippen LogP contribution is -2.36. The number of ether oxygens (including phenoxy) is 1. The van der Waals surface area contributed by atoms with E-state index in [-0.39, 0.29) is 11.4 Å². The number of anilines is 1. The fraction of sp³-hybridized carbons (Fsp3) is 0.176. The molecule has 0 aliphatic carbocycles. The molecule has 0 atom stereocenters. The molecule has 0 saturated carbocycles. The standard InChI is InChI=1S/C17H17ClN2O4/c1-24-13-5-2-11(3-6-13)8-9-19-16(22)17(23)20-14-10-12(18)4-7-15(14)21/h2-7,10,21H,8-9H2,1H3,(H,19,22)(H,20,23). The minimum Gasteiger partial charge on any atom is -0.506 e. The number of amides is 2. The molecule has 0 unspecified atom stereocenters. The highest BCUT2D eigenvalue weighted by molar-refractivity contribution is 6.40. The molecule has 0 spiro atoms.